The molecule has 1 aliphatic heterocycles. The van der Waals surface area contributed by atoms with E-state index in [0.29, 0.717) is 18.0 Å². The van der Waals surface area contributed by atoms with Gasteiger partial charge in [-0.3, -0.25) is 9.89 Å². The molecule has 0 unspecified atom stereocenters. The second kappa shape index (κ2) is 8.54. The minimum atomic E-state index is 0.689. The lowest BCUT2D eigenvalue weighted by atomic mass is 10.1. The van der Waals surface area contributed by atoms with Gasteiger partial charge < -0.3 is 10.2 Å². The van der Waals surface area contributed by atoms with Crippen LogP contribution in [0.2, 0.25) is 0 Å². The molecule has 1 fully saturated rings. The van der Waals surface area contributed by atoms with Crippen LogP contribution in [-0.4, -0.2) is 55.5 Å². The van der Waals surface area contributed by atoms with Crippen molar-refractivity contribution in [3.05, 3.63) is 35.4 Å². The van der Waals surface area contributed by atoms with Gasteiger partial charge in [-0.2, -0.15) is 5.26 Å². The summed E-state index contributed by atoms with van der Waals surface area (Å²) in [5.41, 5.74) is 1.80. The average Bonchev–Trinajstić information content (AvgIpc) is 2.56. The molecule has 124 valence electrons. The normalized spacial score (nSPS) is 16.5. The lowest BCUT2D eigenvalue weighted by Crippen LogP contribution is -2.52. The third-order valence-electron chi connectivity index (χ3n) is 4.01. The van der Waals surface area contributed by atoms with Crippen molar-refractivity contribution in [2.24, 2.45) is 10.9 Å². The van der Waals surface area contributed by atoms with Crippen LogP contribution in [0.5, 0.6) is 0 Å². The Bertz CT molecular complexity index is 565. The number of nitriles is 1. The van der Waals surface area contributed by atoms with Gasteiger partial charge in [0.15, 0.2) is 5.96 Å². The minimum Gasteiger partial charge on any atom is -0.352 e. The SMILES string of the molecule is CN=C(NCc1cccc(C#N)c1)N1CCN(CC(C)C)CC1. The summed E-state index contributed by atoms with van der Waals surface area (Å²) in [6.07, 6.45) is 0. The molecule has 2 rings (SSSR count). The van der Waals surface area contributed by atoms with Crippen LogP contribution in [0.25, 0.3) is 0 Å². The van der Waals surface area contributed by atoms with Gasteiger partial charge in [0.25, 0.3) is 0 Å². The van der Waals surface area contributed by atoms with Gasteiger partial charge in [0.1, 0.15) is 0 Å². The van der Waals surface area contributed by atoms with Crippen molar-refractivity contribution in [2.75, 3.05) is 39.8 Å². The topological polar surface area (TPSA) is 54.7 Å². The molecule has 1 aromatic rings. The predicted octanol–water partition coefficient (Wildman–Crippen LogP) is 1.91. The monoisotopic (exact) mass is 313 g/mol. The van der Waals surface area contributed by atoms with E-state index in [2.05, 4.69) is 40.0 Å². The molecule has 0 radical (unpaired) electrons. The molecule has 23 heavy (non-hydrogen) atoms. The van der Waals surface area contributed by atoms with E-state index in [0.717, 1.165) is 37.7 Å². The molecule has 5 heteroatoms. The molecule has 0 saturated carbocycles. The highest BCUT2D eigenvalue weighted by Crippen LogP contribution is 2.07. The highest BCUT2D eigenvalue weighted by molar-refractivity contribution is 5.80. The zero-order valence-electron chi connectivity index (χ0n) is 14.4. The Morgan fingerprint density at radius 2 is 2.04 bits per heavy atom. The molecule has 1 heterocycles. The molecule has 1 aromatic carbocycles. The summed E-state index contributed by atoms with van der Waals surface area (Å²) < 4.78 is 0. The molecular formula is C18H27N5. The molecule has 0 aromatic heterocycles. The number of nitrogens with one attached hydrogen (secondary N) is 1. The first-order valence-corrected chi connectivity index (χ1v) is 8.29. The van der Waals surface area contributed by atoms with E-state index < -0.39 is 0 Å². The van der Waals surface area contributed by atoms with E-state index in [1.807, 2.05) is 31.3 Å². The summed E-state index contributed by atoms with van der Waals surface area (Å²) in [7, 11) is 1.83. The third-order valence-corrected chi connectivity index (χ3v) is 4.01. The number of nitrogens with zero attached hydrogens (tertiary/aromatic N) is 4. The molecule has 0 aliphatic carbocycles. The number of hydrogen-bond donors (Lipinski definition) is 1. The maximum atomic E-state index is 8.97. The summed E-state index contributed by atoms with van der Waals surface area (Å²) in [6.45, 7) is 10.6. The van der Waals surface area contributed by atoms with E-state index >= 15 is 0 Å². The van der Waals surface area contributed by atoms with E-state index in [9.17, 15) is 0 Å². The van der Waals surface area contributed by atoms with Crippen molar-refractivity contribution in [1.29, 1.82) is 5.26 Å². The maximum Gasteiger partial charge on any atom is 0.194 e. The van der Waals surface area contributed by atoms with Crippen LogP contribution in [0.4, 0.5) is 0 Å². The van der Waals surface area contributed by atoms with Gasteiger partial charge in [-0.15, -0.1) is 0 Å². The summed E-state index contributed by atoms with van der Waals surface area (Å²) in [6, 6.07) is 9.87. The van der Waals surface area contributed by atoms with Crippen molar-refractivity contribution in [1.82, 2.24) is 15.1 Å². The first-order valence-electron chi connectivity index (χ1n) is 8.29. The van der Waals surface area contributed by atoms with Crippen LogP contribution in [-0.2, 0) is 6.54 Å². The van der Waals surface area contributed by atoms with Gasteiger partial charge in [0, 0.05) is 46.3 Å². The molecule has 1 aliphatic rings. The molecule has 0 spiro atoms. The standard InChI is InChI=1S/C18H27N5/c1-15(2)14-22-7-9-23(10-8-22)18(20-3)21-13-17-6-4-5-16(11-17)12-19/h4-6,11,15H,7-10,13-14H2,1-3H3,(H,20,21). The van der Waals surface area contributed by atoms with Gasteiger partial charge in [0.2, 0.25) is 0 Å². The van der Waals surface area contributed by atoms with Crippen molar-refractivity contribution >= 4 is 5.96 Å². The van der Waals surface area contributed by atoms with Crippen LogP contribution in [0.1, 0.15) is 25.0 Å². The van der Waals surface area contributed by atoms with Crippen molar-refractivity contribution < 1.29 is 0 Å². The van der Waals surface area contributed by atoms with Crippen LogP contribution < -0.4 is 5.32 Å². The lowest BCUT2D eigenvalue weighted by Gasteiger charge is -2.37. The molecule has 0 atom stereocenters. The van der Waals surface area contributed by atoms with E-state index in [1.54, 1.807) is 0 Å². The highest BCUT2D eigenvalue weighted by Gasteiger charge is 2.19. The van der Waals surface area contributed by atoms with Gasteiger partial charge in [0.05, 0.1) is 11.6 Å². The quantitative estimate of drug-likeness (QED) is 0.681. The zero-order valence-corrected chi connectivity index (χ0v) is 14.4. The summed E-state index contributed by atoms with van der Waals surface area (Å²) in [5.74, 6) is 1.66. The average molecular weight is 313 g/mol. The minimum absolute atomic E-state index is 0.689. The Hall–Kier alpha value is -2.06. The number of aliphatic imine (C=N–C) groups is 1. The highest BCUT2D eigenvalue weighted by atomic mass is 15.3. The Kier molecular flexibility index (Phi) is 6.42. The number of guanidine groups is 1. The second-order valence-corrected chi connectivity index (χ2v) is 6.39. The van der Waals surface area contributed by atoms with Gasteiger partial charge in [-0.25, -0.2) is 0 Å². The van der Waals surface area contributed by atoms with E-state index in [-0.39, 0.29) is 0 Å². The van der Waals surface area contributed by atoms with Gasteiger partial charge >= 0.3 is 0 Å². The number of hydrogen-bond acceptors (Lipinski definition) is 3. The molecule has 0 amide bonds. The van der Waals surface area contributed by atoms with Crippen LogP contribution in [0, 0.1) is 17.2 Å². The summed E-state index contributed by atoms with van der Waals surface area (Å²) >= 11 is 0. The third kappa shape index (κ3) is 5.26. The predicted molar refractivity (Wildman–Crippen MR) is 94.2 cm³/mol. The Morgan fingerprint density at radius 1 is 1.30 bits per heavy atom. The Balaban J connectivity index is 1.85. The lowest BCUT2D eigenvalue weighted by molar-refractivity contribution is 0.164. The largest absolute Gasteiger partial charge is 0.352 e. The van der Waals surface area contributed by atoms with E-state index in [1.165, 1.54) is 6.54 Å². The van der Waals surface area contributed by atoms with Crippen molar-refractivity contribution in [3.63, 3.8) is 0 Å². The maximum absolute atomic E-state index is 8.97. The number of benzene rings is 1. The fourth-order valence-corrected chi connectivity index (χ4v) is 2.92. The summed E-state index contributed by atoms with van der Waals surface area (Å²) in [5, 5.41) is 12.4. The van der Waals surface area contributed by atoms with Gasteiger partial charge in [-0.1, -0.05) is 26.0 Å². The number of rotatable bonds is 4. The van der Waals surface area contributed by atoms with E-state index in [4.69, 9.17) is 5.26 Å². The Morgan fingerprint density at radius 3 is 2.65 bits per heavy atom. The number of piperazine rings is 1. The zero-order chi connectivity index (χ0) is 16.7. The molecule has 0 bridgehead atoms. The molecule has 5 nitrogen and oxygen atoms in total. The second-order valence-electron chi connectivity index (χ2n) is 6.39. The first-order chi connectivity index (χ1) is 11.1. The summed E-state index contributed by atoms with van der Waals surface area (Å²) in [4.78, 5) is 9.23. The first kappa shape index (κ1) is 17.3. The van der Waals surface area contributed by atoms with Crippen LogP contribution in [0.3, 0.4) is 0 Å². The fraction of sp³-hybridized carbons (Fsp3) is 0.556. The van der Waals surface area contributed by atoms with Crippen LogP contribution >= 0.6 is 0 Å². The van der Waals surface area contributed by atoms with Crippen molar-refractivity contribution in [2.45, 2.75) is 20.4 Å². The molecule has 1 saturated heterocycles. The van der Waals surface area contributed by atoms with Gasteiger partial charge in [-0.05, 0) is 23.6 Å². The fourth-order valence-electron chi connectivity index (χ4n) is 2.92. The van der Waals surface area contributed by atoms with Crippen LogP contribution in [0.15, 0.2) is 29.3 Å². The van der Waals surface area contributed by atoms with Crippen molar-refractivity contribution in [3.8, 4) is 6.07 Å². The Labute approximate surface area is 139 Å². The molecule has 1 N–H and O–H groups in total. The smallest absolute Gasteiger partial charge is 0.194 e. The molecular weight excluding hydrogens is 286 g/mol.